The van der Waals surface area contributed by atoms with Crippen LogP contribution in [0.1, 0.15) is 59.0 Å². The Kier molecular flexibility index (Phi) is 5.29. The van der Waals surface area contributed by atoms with Gasteiger partial charge in [0, 0.05) is 24.7 Å². The van der Waals surface area contributed by atoms with E-state index in [2.05, 4.69) is 5.32 Å². The highest BCUT2D eigenvalue weighted by atomic mass is 32.2. The second-order valence-electron chi connectivity index (χ2n) is 8.86. The maximum absolute atomic E-state index is 13.4. The van der Waals surface area contributed by atoms with Crippen molar-refractivity contribution in [3.8, 4) is 0 Å². The molecule has 3 aliphatic rings. The number of hydrogen-bond acceptors (Lipinski definition) is 4. The lowest BCUT2D eigenvalue weighted by molar-refractivity contribution is -0.138. The molecule has 0 aromatic heterocycles. The number of fused-ring (bicyclic) bond motifs is 2. The molecule has 4 unspecified atom stereocenters. The van der Waals surface area contributed by atoms with E-state index in [1.54, 1.807) is 21.3 Å². The molecule has 5 rings (SSSR count). The largest absolute Gasteiger partial charge is 0.352 e. The molecule has 3 heterocycles. The molecule has 3 aliphatic heterocycles. The van der Waals surface area contributed by atoms with Crippen molar-refractivity contribution in [3.05, 3.63) is 71.3 Å². The summed E-state index contributed by atoms with van der Waals surface area (Å²) in [7, 11) is -3.50. The fourth-order valence-corrected chi connectivity index (χ4v) is 7.41. The number of nitrogens with zero attached hydrogens (tertiary/aromatic N) is 2. The van der Waals surface area contributed by atoms with Gasteiger partial charge in [-0.2, -0.15) is 4.31 Å². The Hall–Kier alpha value is -2.71. The number of nitrogens with one attached hydrogen (secondary N) is 1. The van der Waals surface area contributed by atoms with E-state index in [-0.39, 0.29) is 29.9 Å². The molecule has 0 radical (unpaired) electrons. The summed E-state index contributed by atoms with van der Waals surface area (Å²) in [5.74, 6) is -0.232. The Balaban J connectivity index is 1.34. The number of piperazine rings is 1. The van der Waals surface area contributed by atoms with Gasteiger partial charge >= 0.3 is 0 Å². The number of amides is 2. The number of sulfonamides is 1. The average molecular weight is 454 g/mol. The van der Waals surface area contributed by atoms with Crippen molar-refractivity contribution in [2.24, 2.45) is 0 Å². The van der Waals surface area contributed by atoms with Gasteiger partial charge in [-0.25, -0.2) is 8.42 Å². The maximum Gasteiger partial charge on any atom is 0.254 e. The fourth-order valence-electron chi connectivity index (χ4n) is 5.17. The first-order chi connectivity index (χ1) is 15.4. The molecule has 32 heavy (non-hydrogen) atoms. The summed E-state index contributed by atoms with van der Waals surface area (Å²) in [6.07, 6.45) is 2.15. The van der Waals surface area contributed by atoms with E-state index in [1.165, 1.54) is 0 Å². The van der Waals surface area contributed by atoms with Crippen LogP contribution in [0.25, 0.3) is 0 Å². The zero-order valence-electron chi connectivity index (χ0n) is 18.0. The Morgan fingerprint density at radius 2 is 1.81 bits per heavy atom. The molecule has 3 fully saturated rings. The summed E-state index contributed by atoms with van der Waals surface area (Å²) in [6, 6.07) is 15.9. The van der Waals surface area contributed by atoms with Crippen LogP contribution in [-0.2, 0) is 14.8 Å². The van der Waals surface area contributed by atoms with Crippen molar-refractivity contribution in [2.75, 3.05) is 13.1 Å². The van der Waals surface area contributed by atoms with Gasteiger partial charge < -0.3 is 10.2 Å². The Morgan fingerprint density at radius 1 is 1.09 bits per heavy atom. The molecule has 2 aromatic rings. The van der Waals surface area contributed by atoms with Crippen molar-refractivity contribution < 1.29 is 18.0 Å². The molecule has 0 aliphatic carbocycles. The Labute approximate surface area is 188 Å². The molecule has 7 nitrogen and oxygen atoms in total. The predicted octanol–water partition coefficient (Wildman–Crippen LogP) is 2.63. The van der Waals surface area contributed by atoms with Crippen LogP contribution in [0.15, 0.2) is 54.6 Å². The minimum Gasteiger partial charge on any atom is -0.352 e. The molecule has 2 amide bonds. The third kappa shape index (κ3) is 3.42. The van der Waals surface area contributed by atoms with Gasteiger partial charge in [0.2, 0.25) is 15.9 Å². The molecule has 3 saturated heterocycles. The lowest BCUT2D eigenvalue weighted by atomic mass is 9.87. The Morgan fingerprint density at radius 3 is 2.47 bits per heavy atom. The van der Waals surface area contributed by atoms with E-state index in [4.69, 9.17) is 0 Å². The quantitative estimate of drug-likeness (QED) is 0.771. The van der Waals surface area contributed by atoms with E-state index < -0.39 is 15.3 Å². The number of hydrogen-bond donors (Lipinski definition) is 1. The van der Waals surface area contributed by atoms with Crippen LogP contribution >= 0.6 is 0 Å². The smallest absolute Gasteiger partial charge is 0.254 e. The summed E-state index contributed by atoms with van der Waals surface area (Å²) >= 11 is 0. The summed E-state index contributed by atoms with van der Waals surface area (Å²) in [5, 5.41) is 2.28. The second-order valence-corrected chi connectivity index (χ2v) is 10.9. The topological polar surface area (TPSA) is 86.8 Å². The third-order valence-electron chi connectivity index (χ3n) is 7.05. The molecular formula is C24H27N3O4S. The van der Waals surface area contributed by atoms with Gasteiger partial charge in [0.1, 0.15) is 11.3 Å². The fraction of sp³-hybridized carbons (Fsp3) is 0.417. The van der Waals surface area contributed by atoms with Crippen molar-refractivity contribution in [2.45, 2.75) is 49.6 Å². The number of carbonyl (C=O) groups excluding carboxylic acids is 2. The highest BCUT2D eigenvalue weighted by Gasteiger charge is 2.49. The molecule has 2 aromatic carbocycles. The van der Waals surface area contributed by atoms with E-state index in [0.29, 0.717) is 25.1 Å². The van der Waals surface area contributed by atoms with Gasteiger partial charge in [0.15, 0.2) is 0 Å². The summed E-state index contributed by atoms with van der Waals surface area (Å²) in [4.78, 5) is 26.5. The SMILES string of the molecule is CC(c1ccc(C(=O)N2C3CNC(=O)C2C3)cc1)N1CCCC(c2ccccc2)S1(=O)=O. The number of carbonyl (C=O) groups is 2. The lowest BCUT2D eigenvalue weighted by Gasteiger charge is -2.51. The minimum atomic E-state index is -3.50. The summed E-state index contributed by atoms with van der Waals surface area (Å²) in [5.41, 5.74) is 2.20. The number of benzene rings is 2. The van der Waals surface area contributed by atoms with Gasteiger partial charge in [-0.05, 0) is 49.4 Å². The van der Waals surface area contributed by atoms with Crippen LogP contribution in [0.3, 0.4) is 0 Å². The van der Waals surface area contributed by atoms with Crippen LogP contribution in [0.5, 0.6) is 0 Å². The van der Waals surface area contributed by atoms with Crippen LogP contribution in [-0.4, -0.2) is 54.6 Å². The van der Waals surface area contributed by atoms with E-state index in [1.807, 2.05) is 49.4 Å². The molecule has 0 spiro atoms. The number of rotatable bonds is 4. The van der Waals surface area contributed by atoms with Gasteiger partial charge in [-0.15, -0.1) is 0 Å². The van der Waals surface area contributed by atoms with Crippen molar-refractivity contribution in [3.63, 3.8) is 0 Å². The lowest BCUT2D eigenvalue weighted by Crippen LogP contribution is -2.71. The normalized spacial score (nSPS) is 27.8. The molecule has 1 N–H and O–H groups in total. The van der Waals surface area contributed by atoms with Crippen LogP contribution < -0.4 is 5.32 Å². The first kappa shape index (κ1) is 21.2. The highest BCUT2D eigenvalue weighted by Crippen LogP contribution is 2.39. The van der Waals surface area contributed by atoms with Crippen LogP contribution in [0.4, 0.5) is 0 Å². The third-order valence-corrected chi connectivity index (χ3v) is 9.43. The molecule has 168 valence electrons. The molecule has 4 atom stereocenters. The highest BCUT2D eigenvalue weighted by molar-refractivity contribution is 7.89. The van der Waals surface area contributed by atoms with Gasteiger partial charge in [0.05, 0.1) is 6.04 Å². The average Bonchev–Trinajstić information content (AvgIpc) is 2.78. The zero-order valence-corrected chi connectivity index (χ0v) is 18.8. The molecule has 0 saturated carbocycles. The standard InChI is InChI=1S/C24H27N3O4S/c1-16(26-13-5-8-22(32(26,30)31)18-6-3-2-4-7-18)17-9-11-19(12-10-17)24(29)27-20-14-21(27)23(28)25-15-20/h2-4,6-7,9-12,16,20-22H,5,8,13-15H2,1H3,(H,25,28). The number of piperidine rings is 1. The van der Waals surface area contributed by atoms with Crippen molar-refractivity contribution in [1.29, 1.82) is 0 Å². The monoisotopic (exact) mass is 453 g/mol. The molecule has 8 heteroatoms. The predicted molar refractivity (Wildman–Crippen MR) is 120 cm³/mol. The van der Waals surface area contributed by atoms with E-state index in [0.717, 1.165) is 24.0 Å². The maximum atomic E-state index is 13.4. The Bertz CT molecular complexity index is 1130. The molecule has 2 bridgehead atoms. The van der Waals surface area contributed by atoms with Gasteiger partial charge in [-0.3, -0.25) is 9.59 Å². The summed E-state index contributed by atoms with van der Waals surface area (Å²) in [6.45, 7) is 2.89. The zero-order chi connectivity index (χ0) is 22.5. The van der Waals surface area contributed by atoms with Crippen molar-refractivity contribution >= 4 is 21.8 Å². The van der Waals surface area contributed by atoms with Gasteiger partial charge in [-0.1, -0.05) is 42.5 Å². The van der Waals surface area contributed by atoms with Crippen LogP contribution in [0.2, 0.25) is 0 Å². The van der Waals surface area contributed by atoms with Crippen molar-refractivity contribution in [1.82, 2.24) is 14.5 Å². The van der Waals surface area contributed by atoms with Gasteiger partial charge in [0.25, 0.3) is 5.91 Å². The molecular weight excluding hydrogens is 426 g/mol. The first-order valence-electron chi connectivity index (χ1n) is 11.1. The van der Waals surface area contributed by atoms with E-state index >= 15 is 0 Å². The first-order valence-corrected chi connectivity index (χ1v) is 12.6. The summed E-state index contributed by atoms with van der Waals surface area (Å²) < 4.78 is 28.4. The second kappa shape index (κ2) is 8.01. The van der Waals surface area contributed by atoms with Crippen LogP contribution in [0, 0.1) is 0 Å². The van der Waals surface area contributed by atoms with E-state index in [9.17, 15) is 18.0 Å². The minimum absolute atomic E-state index is 0.0669.